The van der Waals surface area contributed by atoms with Crippen LogP contribution in [0.25, 0.3) is 5.69 Å². The predicted molar refractivity (Wildman–Crippen MR) is 71.5 cm³/mol. The number of rotatable bonds is 6. The number of hydrogen-bond donors (Lipinski definition) is 1. The van der Waals surface area contributed by atoms with Gasteiger partial charge in [-0.05, 0) is 48.0 Å². The molecule has 1 aromatic heterocycles. The van der Waals surface area contributed by atoms with Crippen molar-refractivity contribution < 1.29 is 9.90 Å². The van der Waals surface area contributed by atoms with Gasteiger partial charge in [0.1, 0.15) is 11.5 Å². The molecule has 1 heterocycles. The van der Waals surface area contributed by atoms with Crippen LogP contribution in [0.5, 0.6) is 5.75 Å². The summed E-state index contributed by atoms with van der Waals surface area (Å²) in [6.07, 6.45) is 1.39. The topological polar surface area (TPSA) is 80.9 Å². The van der Waals surface area contributed by atoms with Crippen molar-refractivity contribution in [1.29, 1.82) is 0 Å². The molecule has 6 nitrogen and oxygen atoms in total. The van der Waals surface area contributed by atoms with E-state index in [1.165, 1.54) is 11.8 Å². The second-order valence-electron chi connectivity index (χ2n) is 4.04. The standard InChI is InChI=1S/C12H14N4O2S/c1-9(17)3-2-8-19-12-13-14-15-16(12)10-4-6-11(18)7-5-10/h4-7,18H,2-3,8H2,1H3. The van der Waals surface area contributed by atoms with Gasteiger partial charge in [-0.1, -0.05) is 11.8 Å². The minimum atomic E-state index is 0.193. The van der Waals surface area contributed by atoms with E-state index in [2.05, 4.69) is 15.5 Å². The number of phenolic OH excluding ortho intramolecular Hbond substituents is 1. The van der Waals surface area contributed by atoms with E-state index < -0.39 is 0 Å². The van der Waals surface area contributed by atoms with Gasteiger partial charge in [0.2, 0.25) is 5.16 Å². The first-order valence-electron chi connectivity index (χ1n) is 5.87. The maximum absolute atomic E-state index is 10.8. The summed E-state index contributed by atoms with van der Waals surface area (Å²) < 4.78 is 1.61. The lowest BCUT2D eigenvalue weighted by Crippen LogP contribution is -1.99. The van der Waals surface area contributed by atoms with Gasteiger partial charge in [-0.15, -0.1) is 5.10 Å². The summed E-state index contributed by atoms with van der Waals surface area (Å²) in [6.45, 7) is 1.59. The van der Waals surface area contributed by atoms with Gasteiger partial charge in [-0.25, -0.2) is 0 Å². The maximum atomic E-state index is 10.8. The van der Waals surface area contributed by atoms with Crippen LogP contribution in [0.4, 0.5) is 0 Å². The summed E-state index contributed by atoms with van der Waals surface area (Å²) in [4.78, 5) is 10.8. The Hall–Kier alpha value is -1.89. The highest BCUT2D eigenvalue weighted by atomic mass is 32.2. The number of hydrogen-bond acceptors (Lipinski definition) is 6. The molecule has 0 aliphatic heterocycles. The summed E-state index contributed by atoms with van der Waals surface area (Å²) >= 11 is 1.51. The Labute approximate surface area is 114 Å². The molecule has 2 rings (SSSR count). The van der Waals surface area contributed by atoms with E-state index >= 15 is 0 Å². The number of ketones is 1. The quantitative estimate of drug-likeness (QED) is 0.641. The van der Waals surface area contributed by atoms with Gasteiger partial charge in [0.05, 0.1) is 5.69 Å². The Morgan fingerprint density at radius 1 is 1.37 bits per heavy atom. The average Bonchev–Trinajstić information content (AvgIpc) is 2.84. The average molecular weight is 278 g/mol. The fourth-order valence-corrected chi connectivity index (χ4v) is 2.34. The minimum Gasteiger partial charge on any atom is -0.508 e. The molecule has 0 radical (unpaired) electrons. The SMILES string of the molecule is CC(=O)CCCSc1nnnn1-c1ccc(O)cc1. The Morgan fingerprint density at radius 2 is 2.11 bits per heavy atom. The number of benzene rings is 1. The van der Waals surface area contributed by atoms with Crippen LogP contribution >= 0.6 is 11.8 Å². The molecule has 0 atom stereocenters. The van der Waals surface area contributed by atoms with E-state index in [4.69, 9.17) is 0 Å². The first-order chi connectivity index (χ1) is 9.16. The molecule has 7 heteroatoms. The summed E-state index contributed by atoms with van der Waals surface area (Å²) in [7, 11) is 0. The molecule has 19 heavy (non-hydrogen) atoms. The summed E-state index contributed by atoms with van der Waals surface area (Å²) in [5.41, 5.74) is 0.789. The summed E-state index contributed by atoms with van der Waals surface area (Å²) in [6, 6.07) is 6.65. The highest BCUT2D eigenvalue weighted by molar-refractivity contribution is 7.99. The van der Waals surface area contributed by atoms with Crippen LogP contribution in [-0.4, -0.2) is 36.8 Å². The summed E-state index contributed by atoms with van der Waals surface area (Å²) in [5, 5.41) is 21.4. The zero-order valence-electron chi connectivity index (χ0n) is 10.5. The predicted octanol–water partition coefficient (Wildman–Crippen LogP) is 1.83. The van der Waals surface area contributed by atoms with Crippen LogP contribution in [0, 0.1) is 0 Å². The van der Waals surface area contributed by atoms with Crippen LogP contribution in [0.1, 0.15) is 19.8 Å². The maximum Gasteiger partial charge on any atom is 0.214 e. The van der Waals surface area contributed by atoms with Crippen LogP contribution < -0.4 is 0 Å². The molecule has 0 spiro atoms. The van der Waals surface area contributed by atoms with Gasteiger partial charge in [0, 0.05) is 12.2 Å². The third-order valence-electron chi connectivity index (χ3n) is 2.44. The number of aromatic nitrogens is 4. The molecule has 100 valence electrons. The van der Waals surface area contributed by atoms with Gasteiger partial charge in [-0.3, -0.25) is 0 Å². The largest absolute Gasteiger partial charge is 0.508 e. The molecule has 0 fully saturated rings. The zero-order chi connectivity index (χ0) is 13.7. The lowest BCUT2D eigenvalue weighted by Gasteiger charge is -2.03. The van der Waals surface area contributed by atoms with Crippen molar-refractivity contribution in [2.45, 2.75) is 24.9 Å². The zero-order valence-corrected chi connectivity index (χ0v) is 11.3. The highest BCUT2D eigenvalue weighted by Crippen LogP contribution is 2.20. The first-order valence-corrected chi connectivity index (χ1v) is 6.85. The molecule has 0 bridgehead atoms. The van der Waals surface area contributed by atoms with E-state index in [-0.39, 0.29) is 11.5 Å². The highest BCUT2D eigenvalue weighted by Gasteiger charge is 2.08. The number of nitrogens with zero attached hydrogens (tertiary/aromatic N) is 4. The lowest BCUT2D eigenvalue weighted by atomic mass is 10.3. The second kappa shape index (κ2) is 6.33. The first kappa shape index (κ1) is 13.5. The Morgan fingerprint density at radius 3 is 2.79 bits per heavy atom. The number of phenols is 1. The molecule has 0 amide bonds. The van der Waals surface area contributed by atoms with Crippen molar-refractivity contribution in [3.8, 4) is 11.4 Å². The second-order valence-corrected chi connectivity index (χ2v) is 5.11. The van der Waals surface area contributed by atoms with Crippen LogP contribution in [-0.2, 0) is 4.79 Å². The monoisotopic (exact) mass is 278 g/mol. The van der Waals surface area contributed by atoms with Gasteiger partial charge in [0.15, 0.2) is 0 Å². The molecule has 2 aromatic rings. The fraction of sp³-hybridized carbons (Fsp3) is 0.333. The van der Waals surface area contributed by atoms with E-state index in [0.717, 1.165) is 17.9 Å². The number of carbonyl (C=O) groups excluding carboxylic acids is 1. The smallest absolute Gasteiger partial charge is 0.214 e. The fourth-order valence-electron chi connectivity index (χ4n) is 1.51. The van der Waals surface area contributed by atoms with E-state index in [1.54, 1.807) is 35.9 Å². The molecule has 0 unspecified atom stereocenters. The number of carbonyl (C=O) groups is 1. The van der Waals surface area contributed by atoms with Crippen molar-refractivity contribution in [3.63, 3.8) is 0 Å². The number of aromatic hydroxyl groups is 1. The van der Waals surface area contributed by atoms with E-state index in [9.17, 15) is 9.90 Å². The van der Waals surface area contributed by atoms with Gasteiger partial charge < -0.3 is 9.90 Å². The number of Topliss-reactive ketones (excluding diaryl/α,β-unsaturated/α-hetero) is 1. The molecule has 0 aliphatic rings. The van der Waals surface area contributed by atoms with Gasteiger partial charge in [0.25, 0.3) is 0 Å². The molecule has 1 N–H and O–H groups in total. The molecular weight excluding hydrogens is 264 g/mol. The van der Waals surface area contributed by atoms with Crippen molar-refractivity contribution in [3.05, 3.63) is 24.3 Å². The molecule has 1 aromatic carbocycles. The Balaban J connectivity index is 2.01. The molecule has 0 aliphatic carbocycles. The van der Waals surface area contributed by atoms with Crippen molar-refractivity contribution in [1.82, 2.24) is 20.2 Å². The summed E-state index contributed by atoms with van der Waals surface area (Å²) in [5.74, 6) is 1.18. The molecule has 0 saturated carbocycles. The molecular formula is C12H14N4O2S. The van der Waals surface area contributed by atoms with Gasteiger partial charge in [-0.2, -0.15) is 4.68 Å². The van der Waals surface area contributed by atoms with Crippen LogP contribution in [0.2, 0.25) is 0 Å². The van der Waals surface area contributed by atoms with Crippen LogP contribution in [0.3, 0.4) is 0 Å². The number of tetrazole rings is 1. The normalized spacial score (nSPS) is 10.6. The van der Waals surface area contributed by atoms with Crippen LogP contribution in [0.15, 0.2) is 29.4 Å². The Bertz CT molecular complexity index is 553. The Kier molecular flexibility index (Phi) is 4.51. The third-order valence-corrected chi connectivity index (χ3v) is 3.45. The van der Waals surface area contributed by atoms with E-state index in [0.29, 0.717) is 11.6 Å². The van der Waals surface area contributed by atoms with Crippen molar-refractivity contribution in [2.24, 2.45) is 0 Å². The van der Waals surface area contributed by atoms with E-state index in [1.807, 2.05) is 0 Å². The van der Waals surface area contributed by atoms with Gasteiger partial charge >= 0.3 is 0 Å². The molecule has 0 saturated heterocycles. The van der Waals surface area contributed by atoms with Crippen molar-refractivity contribution >= 4 is 17.5 Å². The minimum absolute atomic E-state index is 0.193. The number of thioether (sulfide) groups is 1. The third kappa shape index (κ3) is 3.78. The van der Waals surface area contributed by atoms with Crippen molar-refractivity contribution in [2.75, 3.05) is 5.75 Å². The lowest BCUT2D eigenvalue weighted by molar-refractivity contribution is -0.117.